The Labute approximate surface area is 195 Å². The second-order valence-corrected chi connectivity index (χ2v) is 9.09. The van der Waals surface area contributed by atoms with Gasteiger partial charge in [0.25, 0.3) is 5.56 Å². The second kappa shape index (κ2) is 8.82. The van der Waals surface area contributed by atoms with Gasteiger partial charge in [-0.25, -0.2) is 9.79 Å². The summed E-state index contributed by atoms with van der Waals surface area (Å²) in [7, 11) is 5.27. The molecule has 4 rings (SSSR count). The third-order valence-corrected chi connectivity index (χ3v) is 6.73. The quantitative estimate of drug-likeness (QED) is 0.539. The standard InChI is InChI=1S/C24H27N5O3S/c1-7-28-13-17(14(2)26-28)12-19-22(30)29-21(16-8-10-18(11-9-16)27(4)5)20(23(31)32-6)15(3)25-24(29)33-19/h8-13,21H,7H2,1-6H3/b19-12+. The lowest BCUT2D eigenvalue weighted by atomic mass is 9.95. The lowest BCUT2D eigenvalue weighted by Crippen LogP contribution is -2.39. The van der Waals surface area contributed by atoms with Crippen molar-refractivity contribution in [2.75, 3.05) is 26.1 Å². The lowest BCUT2D eigenvalue weighted by molar-refractivity contribution is -0.136. The zero-order valence-electron chi connectivity index (χ0n) is 19.6. The van der Waals surface area contributed by atoms with Gasteiger partial charge in [-0.15, -0.1) is 0 Å². The first-order valence-electron chi connectivity index (χ1n) is 10.7. The fourth-order valence-electron chi connectivity index (χ4n) is 3.94. The molecule has 1 aliphatic heterocycles. The molecule has 0 bridgehead atoms. The number of benzene rings is 1. The normalized spacial score (nSPS) is 15.9. The van der Waals surface area contributed by atoms with Crippen LogP contribution in [0.25, 0.3) is 6.08 Å². The smallest absolute Gasteiger partial charge is 0.338 e. The van der Waals surface area contributed by atoms with Crippen LogP contribution in [-0.4, -0.2) is 41.5 Å². The number of nitrogens with zero attached hydrogens (tertiary/aromatic N) is 5. The highest BCUT2D eigenvalue weighted by Crippen LogP contribution is 2.31. The van der Waals surface area contributed by atoms with Crippen LogP contribution in [0.1, 0.15) is 36.7 Å². The minimum Gasteiger partial charge on any atom is -0.466 e. The monoisotopic (exact) mass is 465 g/mol. The van der Waals surface area contributed by atoms with Crippen LogP contribution in [0.5, 0.6) is 0 Å². The number of ether oxygens (including phenoxy) is 1. The van der Waals surface area contributed by atoms with Crippen molar-refractivity contribution in [1.82, 2.24) is 14.3 Å². The largest absolute Gasteiger partial charge is 0.466 e. The van der Waals surface area contributed by atoms with Crippen LogP contribution in [0.2, 0.25) is 0 Å². The van der Waals surface area contributed by atoms with Gasteiger partial charge in [0, 0.05) is 38.1 Å². The molecule has 0 spiro atoms. The molecular formula is C24H27N5O3S. The average Bonchev–Trinajstić information content (AvgIpc) is 3.31. The van der Waals surface area contributed by atoms with Gasteiger partial charge in [-0.2, -0.15) is 5.10 Å². The molecule has 2 aromatic heterocycles. The zero-order valence-corrected chi connectivity index (χ0v) is 20.4. The number of methoxy groups -OCH3 is 1. The molecule has 1 aromatic carbocycles. The Balaban J connectivity index is 1.94. The summed E-state index contributed by atoms with van der Waals surface area (Å²) in [5, 5.41) is 4.46. The molecule has 1 aliphatic rings. The first-order valence-corrected chi connectivity index (χ1v) is 11.5. The Morgan fingerprint density at radius 3 is 2.52 bits per heavy atom. The lowest BCUT2D eigenvalue weighted by Gasteiger charge is -2.25. The third kappa shape index (κ3) is 4.04. The van der Waals surface area contributed by atoms with Crippen molar-refractivity contribution in [2.24, 2.45) is 4.99 Å². The van der Waals surface area contributed by atoms with Gasteiger partial charge >= 0.3 is 5.97 Å². The molecule has 0 fully saturated rings. The molecule has 9 heteroatoms. The Morgan fingerprint density at radius 1 is 1.24 bits per heavy atom. The Morgan fingerprint density at radius 2 is 1.94 bits per heavy atom. The SMILES string of the molecule is CCn1cc(/C=c2/sc3n(c2=O)C(c2ccc(N(C)C)cc2)C(C(=O)OC)=C(C)N=3)c(C)n1. The number of thiazole rings is 1. The molecule has 1 atom stereocenters. The minimum absolute atomic E-state index is 0.196. The molecule has 3 aromatic rings. The van der Waals surface area contributed by atoms with Gasteiger partial charge in [0.1, 0.15) is 0 Å². The van der Waals surface area contributed by atoms with Crippen LogP contribution >= 0.6 is 11.3 Å². The van der Waals surface area contributed by atoms with Crippen LogP contribution in [0.4, 0.5) is 5.69 Å². The van der Waals surface area contributed by atoms with E-state index in [9.17, 15) is 9.59 Å². The van der Waals surface area contributed by atoms with Gasteiger partial charge < -0.3 is 9.64 Å². The summed E-state index contributed by atoms with van der Waals surface area (Å²) in [6, 6.07) is 7.20. The number of aryl methyl sites for hydroxylation is 2. The van der Waals surface area contributed by atoms with E-state index in [0.29, 0.717) is 20.6 Å². The number of carbonyl (C=O) groups is 1. The first kappa shape index (κ1) is 22.7. The molecule has 33 heavy (non-hydrogen) atoms. The van der Waals surface area contributed by atoms with Crippen molar-refractivity contribution in [3.8, 4) is 0 Å². The molecule has 0 radical (unpaired) electrons. The van der Waals surface area contributed by atoms with Crippen molar-refractivity contribution in [3.05, 3.63) is 78.2 Å². The maximum Gasteiger partial charge on any atom is 0.338 e. The Kier molecular flexibility index (Phi) is 6.07. The maximum absolute atomic E-state index is 13.6. The van der Waals surface area contributed by atoms with E-state index in [2.05, 4.69) is 10.1 Å². The minimum atomic E-state index is -0.619. The number of carbonyl (C=O) groups excluding carboxylic acids is 1. The van der Waals surface area contributed by atoms with E-state index < -0.39 is 12.0 Å². The third-order valence-electron chi connectivity index (χ3n) is 5.75. The van der Waals surface area contributed by atoms with Gasteiger partial charge in [-0.05, 0) is 44.5 Å². The molecular weight excluding hydrogens is 438 g/mol. The van der Waals surface area contributed by atoms with E-state index in [0.717, 1.165) is 29.1 Å². The van der Waals surface area contributed by atoms with Crippen molar-refractivity contribution < 1.29 is 9.53 Å². The van der Waals surface area contributed by atoms with Gasteiger partial charge in [0.15, 0.2) is 4.80 Å². The summed E-state index contributed by atoms with van der Waals surface area (Å²) in [5.74, 6) is -0.493. The fraction of sp³-hybridized carbons (Fsp3) is 0.333. The number of hydrogen-bond donors (Lipinski definition) is 0. The van der Waals surface area contributed by atoms with Crippen LogP contribution in [0.3, 0.4) is 0 Å². The van der Waals surface area contributed by atoms with E-state index in [1.54, 1.807) is 11.5 Å². The topological polar surface area (TPSA) is 81.7 Å². The summed E-state index contributed by atoms with van der Waals surface area (Å²) in [6.45, 7) is 6.47. The summed E-state index contributed by atoms with van der Waals surface area (Å²) in [5.41, 5.74) is 4.30. The summed E-state index contributed by atoms with van der Waals surface area (Å²) in [6.07, 6.45) is 3.78. The van der Waals surface area contributed by atoms with Gasteiger partial charge in [0.2, 0.25) is 0 Å². The summed E-state index contributed by atoms with van der Waals surface area (Å²) < 4.78 is 9.05. The molecule has 172 valence electrons. The van der Waals surface area contributed by atoms with Gasteiger partial charge in [0.05, 0.1) is 34.6 Å². The van der Waals surface area contributed by atoms with E-state index in [1.165, 1.54) is 18.4 Å². The Bertz CT molecular complexity index is 1420. The number of allylic oxidation sites excluding steroid dienone is 1. The molecule has 1 unspecified atom stereocenters. The molecule has 0 saturated heterocycles. The fourth-order valence-corrected chi connectivity index (χ4v) is 4.98. The van der Waals surface area contributed by atoms with Gasteiger partial charge in [-0.1, -0.05) is 23.5 Å². The van der Waals surface area contributed by atoms with Crippen molar-refractivity contribution >= 4 is 29.1 Å². The van der Waals surface area contributed by atoms with Crippen LogP contribution in [-0.2, 0) is 16.1 Å². The molecule has 0 N–H and O–H groups in total. The average molecular weight is 466 g/mol. The van der Waals surface area contributed by atoms with Crippen LogP contribution in [0, 0.1) is 6.92 Å². The van der Waals surface area contributed by atoms with Crippen molar-refractivity contribution in [1.29, 1.82) is 0 Å². The molecule has 0 amide bonds. The van der Waals surface area contributed by atoms with E-state index in [-0.39, 0.29) is 5.56 Å². The van der Waals surface area contributed by atoms with Crippen LogP contribution < -0.4 is 19.8 Å². The second-order valence-electron chi connectivity index (χ2n) is 8.08. The van der Waals surface area contributed by atoms with Crippen molar-refractivity contribution in [3.63, 3.8) is 0 Å². The molecule has 8 nitrogen and oxygen atoms in total. The predicted molar refractivity (Wildman–Crippen MR) is 129 cm³/mol. The Hall–Kier alpha value is -3.46. The number of fused-ring (bicyclic) bond motifs is 1. The van der Waals surface area contributed by atoms with E-state index in [1.807, 2.05) is 74.1 Å². The van der Waals surface area contributed by atoms with E-state index >= 15 is 0 Å². The number of hydrogen-bond acceptors (Lipinski definition) is 7. The molecule has 0 aliphatic carbocycles. The summed E-state index contributed by atoms with van der Waals surface area (Å²) in [4.78, 5) is 33.5. The summed E-state index contributed by atoms with van der Waals surface area (Å²) >= 11 is 1.31. The number of anilines is 1. The van der Waals surface area contributed by atoms with E-state index in [4.69, 9.17) is 4.74 Å². The zero-order chi connectivity index (χ0) is 23.9. The first-order chi connectivity index (χ1) is 15.7. The van der Waals surface area contributed by atoms with Crippen molar-refractivity contribution in [2.45, 2.75) is 33.4 Å². The maximum atomic E-state index is 13.6. The molecule has 0 saturated carbocycles. The van der Waals surface area contributed by atoms with Gasteiger partial charge in [-0.3, -0.25) is 14.0 Å². The highest BCUT2D eigenvalue weighted by Gasteiger charge is 2.33. The highest BCUT2D eigenvalue weighted by molar-refractivity contribution is 7.07. The molecule has 3 heterocycles. The predicted octanol–water partition coefficient (Wildman–Crippen LogP) is 2.00. The number of esters is 1. The number of aromatic nitrogens is 3. The number of rotatable bonds is 5. The van der Waals surface area contributed by atoms with Crippen LogP contribution in [0.15, 0.2) is 51.5 Å². The highest BCUT2D eigenvalue weighted by atomic mass is 32.1.